The Hall–Kier alpha value is -0.740. The van der Waals surface area contributed by atoms with Gasteiger partial charge in [0.05, 0.1) is 11.6 Å². The average Bonchev–Trinajstić information content (AvgIpc) is 2.08. The van der Waals surface area contributed by atoms with E-state index in [1.807, 2.05) is 0 Å². The molecule has 0 saturated carbocycles. The third kappa shape index (κ3) is 3.65. The Labute approximate surface area is 79.9 Å². The van der Waals surface area contributed by atoms with Gasteiger partial charge < -0.3 is 5.32 Å². The summed E-state index contributed by atoms with van der Waals surface area (Å²) < 4.78 is 23.5. The molecule has 0 aromatic carbocycles. The maximum Gasteiger partial charge on any atom is 0.250 e. The fourth-order valence-electron chi connectivity index (χ4n) is 0.863. The van der Waals surface area contributed by atoms with Crippen LogP contribution in [0.25, 0.3) is 0 Å². The van der Waals surface area contributed by atoms with Gasteiger partial charge in [-0.2, -0.15) is 0 Å². The Morgan fingerprint density at radius 3 is 2.92 bits per heavy atom. The number of pyridine rings is 1. The van der Waals surface area contributed by atoms with Crippen LogP contribution in [-0.2, 0) is 6.54 Å². The van der Waals surface area contributed by atoms with Crippen LogP contribution in [0.4, 0.5) is 8.78 Å². The predicted molar refractivity (Wildman–Crippen MR) is 47.0 cm³/mol. The number of hydrogen-bond donors (Lipinski definition) is 1. The summed E-state index contributed by atoms with van der Waals surface area (Å²) in [6, 6.07) is 1.70. The summed E-state index contributed by atoms with van der Waals surface area (Å²) in [5.41, 5.74) is 0.775. The van der Waals surface area contributed by atoms with E-state index in [4.69, 9.17) is 11.6 Å². The summed E-state index contributed by atoms with van der Waals surface area (Å²) in [7, 11) is 0. The van der Waals surface area contributed by atoms with Crippen molar-refractivity contribution < 1.29 is 8.78 Å². The van der Waals surface area contributed by atoms with Gasteiger partial charge in [-0.25, -0.2) is 8.78 Å². The molecule has 1 aromatic rings. The van der Waals surface area contributed by atoms with Crippen LogP contribution in [0.5, 0.6) is 0 Å². The zero-order valence-electron chi connectivity index (χ0n) is 6.80. The topological polar surface area (TPSA) is 24.9 Å². The third-order valence-electron chi connectivity index (χ3n) is 1.47. The largest absolute Gasteiger partial charge is 0.307 e. The molecule has 1 rings (SSSR count). The van der Waals surface area contributed by atoms with Crippen LogP contribution < -0.4 is 5.32 Å². The van der Waals surface area contributed by atoms with Crippen LogP contribution in [0.1, 0.15) is 5.56 Å². The fourth-order valence-corrected chi connectivity index (χ4v) is 1.05. The van der Waals surface area contributed by atoms with Crippen molar-refractivity contribution in [3.05, 3.63) is 29.0 Å². The Morgan fingerprint density at radius 1 is 1.54 bits per heavy atom. The second-order valence-corrected chi connectivity index (χ2v) is 2.90. The summed E-state index contributed by atoms with van der Waals surface area (Å²) in [6.07, 6.45) is 0.729. The van der Waals surface area contributed by atoms with E-state index in [9.17, 15) is 8.78 Å². The van der Waals surface area contributed by atoms with E-state index in [0.717, 1.165) is 5.56 Å². The Bertz CT molecular complexity index is 268. The Morgan fingerprint density at radius 2 is 2.31 bits per heavy atom. The summed E-state index contributed by atoms with van der Waals surface area (Å²) in [6.45, 7) is 0.0182. The SMILES string of the molecule is FC(F)CNCc1ccncc1Cl. The summed E-state index contributed by atoms with van der Waals surface area (Å²) >= 11 is 5.75. The molecule has 0 atom stereocenters. The molecule has 0 spiro atoms. The van der Waals surface area contributed by atoms with Crippen molar-refractivity contribution in [3.8, 4) is 0 Å². The highest BCUT2D eigenvalue weighted by molar-refractivity contribution is 6.31. The van der Waals surface area contributed by atoms with E-state index in [1.165, 1.54) is 6.20 Å². The number of hydrogen-bond acceptors (Lipinski definition) is 2. The van der Waals surface area contributed by atoms with E-state index in [0.29, 0.717) is 11.6 Å². The van der Waals surface area contributed by atoms with Gasteiger partial charge >= 0.3 is 0 Å². The van der Waals surface area contributed by atoms with Gasteiger partial charge in [0.2, 0.25) is 0 Å². The molecule has 0 fully saturated rings. The first-order valence-electron chi connectivity index (χ1n) is 3.77. The molecule has 1 aromatic heterocycles. The zero-order chi connectivity index (χ0) is 9.68. The first-order valence-corrected chi connectivity index (χ1v) is 4.15. The standard InChI is InChI=1S/C8H9ClF2N2/c9-7-4-12-2-1-6(7)3-13-5-8(10)11/h1-2,4,8,13H,3,5H2. The maximum absolute atomic E-state index is 11.7. The smallest absolute Gasteiger partial charge is 0.250 e. The maximum atomic E-state index is 11.7. The first-order chi connectivity index (χ1) is 6.20. The number of alkyl halides is 2. The molecule has 0 aliphatic heterocycles. The van der Waals surface area contributed by atoms with Crippen molar-refractivity contribution in [2.45, 2.75) is 13.0 Å². The van der Waals surface area contributed by atoms with Crippen molar-refractivity contribution >= 4 is 11.6 Å². The lowest BCUT2D eigenvalue weighted by Gasteiger charge is -2.04. The summed E-state index contributed by atoms with van der Waals surface area (Å²) in [5, 5.41) is 3.07. The van der Waals surface area contributed by atoms with Crippen LogP contribution in [0.3, 0.4) is 0 Å². The molecule has 0 amide bonds. The van der Waals surface area contributed by atoms with Crippen LogP contribution >= 0.6 is 11.6 Å². The predicted octanol–water partition coefficient (Wildman–Crippen LogP) is 2.09. The molecular formula is C8H9ClF2N2. The highest BCUT2D eigenvalue weighted by Gasteiger charge is 2.02. The lowest BCUT2D eigenvalue weighted by Crippen LogP contribution is -2.20. The quantitative estimate of drug-likeness (QED) is 0.816. The van der Waals surface area contributed by atoms with Gasteiger partial charge in [0.1, 0.15) is 0 Å². The van der Waals surface area contributed by atoms with Gasteiger partial charge in [0, 0.05) is 18.9 Å². The molecule has 1 heterocycles. The summed E-state index contributed by atoms with van der Waals surface area (Å²) in [5.74, 6) is 0. The zero-order valence-corrected chi connectivity index (χ0v) is 7.56. The average molecular weight is 207 g/mol. The molecule has 0 aliphatic rings. The second kappa shape index (κ2) is 5.09. The van der Waals surface area contributed by atoms with Crippen molar-refractivity contribution in [3.63, 3.8) is 0 Å². The highest BCUT2D eigenvalue weighted by atomic mass is 35.5. The van der Waals surface area contributed by atoms with Gasteiger partial charge in [0.15, 0.2) is 0 Å². The van der Waals surface area contributed by atoms with Gasteiger partial charge in [0.25, 0.3) is 6.43 Å². The molecule has 0 bridgehead atoms. The lowest BCUT2D eigenvalue weighted by atomic mass is 10.3. The molecule has 2 nitrogen and oxygen atoms in total. The van der Waals surface area contributed by atoms with Crippen LogP contribution in [0.15, 0.2) is 18.5 Å². The lowest BCUT2D eigenvalue weighted by molar-refractivity contribution is 0.145. The number of rotatable bonds is 4. The van der Waals surface area contributed by atoms with Crippen LogP contribution in [-0.4, -0.2) is 18.0 Å². The molecule has 5 heteroatoms. The van der Waals surface area contributed by atoms with Crippen molar-refractivity contribution in [1.82, 2.24) is 10.3 Å². The number of halogens is 3. The summed E-state index contributed by atoms with van der Waals surface area (Å²) in [4.78, 5) is 3.78. The van der Waals surface area contributed by atoms with Crippen molar-refractivity contribution in [2.75, 3.05) is 6.54 Å². The first kappa shape index (κ1) is 10.3. The highest BCUT2D eigenvalue weighted by Crippen LogP contribution is 2.12. The Balaban J connectivity index is 2.41. The van der Waals surface area contributed by atoms with E-state index in [2.05, 4.69) is 10.3 Å². The van der Waals surface area contributed by atoms with E-state index >= 15 is 0 Å². The van der Waals surface area contributed by atoms with E-state index in [1.54, 1.807) is 12.3 Å². The minimum atomic E-state index is -2.33. The monoisotopic (exact) mass is 206 g/mol. The number of nitrogens with zero attached hydrogens (tertiary/aromatic N) is 1. The van der Waals surface area contributed by atoms with Crippen molar-refractivity contribution in [2.24, 2.45) is 0 Å². The van der Waals surface area contributed by atoms with Crippen LogP contribution in [0.2, 0.25) is 5.02 Å². The number of nitrogens with one attached hydrogen (secondary N) is 1. The molecule has 0 radical (unpaired) electrons. The van der Waals surface area contributed by atoms with E-state index < -0.39 is 6.43 Å². The Kier molecular flexibility index (Phi) is 4.05. The minimum Gasteiger partial charge on any atom is -0.307 e. The van der Waals surface area contributed by atoms with Gasteiger partial charge in [-0.1, -0.05) is 11.6 Å². The molecule has 72 valence electrons. The van der Waals surface area contributed by atoms with Gasteiger partial charge in [-0.15, -0.1) is 0 Å². The second-order valence-electron chi connectivity index (χ2n) is 2.49. The van der Waals surface area contributed by atoms with Gasteiger partial charge in [-0.3, -0.25) is 4.98 Å². The molecule has 13 heavy (non-hydrogen) atoms. The molecule has 0 unspecified atom stereocenters. The molecule has 0 saturated heterocycles. The minimum absolute atomic E-state index is 0.321. The van der Waals surface area contributed by atoms with E-state index in [-0.39, 0.29) is 6.54 Å². The molecule has 0 aliphatic carbocycles. The fraction of sp³-hybridized carbons (Fsp3) is 0.375. The van der Waals surface area contributed by atoms with Crippen LogP contribution in [0, 0.1) is 0 Å². The third-order valence-corrected chi connectivity index (χ3v) is 1.81. The number of aromatic nitrogens is 1. The molecular weight excluding hydrogens is 198 g/mol. The van der Waals surface area contributed by atoms with Gasteiger partial charge in [-0.05, 0) is 11.6 Å². The normalized spacial score (nSPS) is 10.8. The molecule has 1 N–H and O–H groups in total. The van der Waals surface area contributed by atoms with Crippen molar-refractivity contribution in [1.29, 1.82) is 0 Å².